The number of rotatable bonds is 3. The van der Waals surface area contributed by atoms with E-state index in [9.17, 15) is 9.90 Å². The SMILES string of the molecule is COC[C@@H]1COc2ccc(C(=O)OC)cc2[C@@H]1O. The number of aliphatic hydroxyl groups excluding tert-OH is 1. The third-order valence-electron chi connectivity index (χ3n) is 3.03. The van der Waals surface area contributed by atoms with Crippen molar-refractivity contribution in [1.82, 2.24) is 0 Å². The van der Waals surface area contributed by atoms with Crippen LogP contribution in [-0.2, 0) is 9.47 Å². The number of ether oxygens (including phenoxy) is 3. The van der Waals surface area contributed by atoms with E-state index < -0.39 is 12.1 Å². The first kappa shape index (κ1) is 12.9. The standard InChI is InChI=1S/C13H16O5/c1-16-6-9-7-18-11-4-3-8(13(15)17-2)5-10(11)12(9)14/h3-5,9,12,14H,6-7H2,1-2H3/t9-,12-/m1/s1. The molecule has 0 fully saturated rings. The maximum atomic E-state index is 11.4. The molecule has 0 aromatic heterocycles. The summed E-state index contributed by atoms with van der Waals surface area (Å²) in [6.07, 6.45) is -0.696. The number of carbonyl (C=O) groups excluding carboxylic acids is 1. The molecule has 0 radical (unpaired) electrons. The predicted molar refractivity (Wildman–Crippen MR) is 63.6 cm³/mol. The second-order valence-electron chi connectivity index (χ2n) is 4.22. The molecule has 0 aliphatic carbocycles. The Kier molecular flexibility index (Phi) is 3.84. The Hall–Kier alpha value is -1.59. The van der Waals surface area contributed by atoms with Crippen molar-refractivity contribution in [2.45, 2.75) is 6.10 Å². The van der Waals surface area contributed by atoms with Crippen molar-refractivity contribution < 1.29 is 24.1 Å². The first-order valence-corrected chi connectivity index (χ1v) is 5.69. The molecule has 0 saturated heterocycles. The molecule has 0 unspecified atom stereocenters. The molecular weight excluding hydrogens is 236 g/mol. The highest BCUT2D eigenvalue weighted by atomic mass is 16.5. The van der Waals surface area contributed by atoms with Crippen molar-refractivity contribution in [2.75, 3.05) is 27.4 Å². The molecule has 1 N–H and O–H groups in total. The van der Waals surface area contributed by atoms with E-state index in [4.69, 9.17) is 9.47 Å². The molecule has 5 nitrogen and oxygen atoms in total. The Morgan fingerprint density at radius 2 is 2.28 bits per heavy atom. The van der Waals surface area contributed by atoms with Crippen LogP contribution < -0.4 is 4.74 Å². The minimum absolute atomic E-state index is 0.129. The topological polar surface area (TPSA) is 65.0 Å². The minimum atomic E-state index is -0.696. The monoisotopic (exact) mass is 252 g/mol. The number of esters is 1. The lowest BCUT2D eigenvalue weighted by molar-refractivity contribution is 0.00486. The zero-order valence-corrected chi connectivity index (χ0v) is 10.4. The summed E-state index contributed by atoms with van der Waals surface area (Å²) in [4.78, 5) is 11.4. The van der Waals surface area contributed by atoms with E-state index in [0.717, 1.165) is 0 Å². The van der Waals surface area contributed by atoms with Crippen LogP contribution >= 0.6 is 0 Å². The molecule has 1 aliphatic rings. The van der Waals surface area contributed by atoms with E-state index in [1.807, 2.05) is 0 Å². The normalized spacial score (nSPS) is 21.9. The van der Waals surface area contributed by atoms with Gasteiger partial charge < -0.3 is 19.3 Å². The van der Waals surface area contributed by atoms with Gasteiger partial charge in [0.05, 0.1) is 32.0 Å². The molecule has 0 saturated carbocycles. The lowest BCUT2D eigenvalue weighted by Gasteiger charge is -2.30. The van der Waals surface area contributed by atoms with E-state index in [1.165, 1.54) is 7.11 Å². The number of benzene rings is 1. The minimum Gasteiger partial charge on any atom is -0.493 e. The summed E-state index contributed by atoms with van der Waals surface area (Å²) < 4.78 is 15.2. The Morgan fingerprint density at radius 3 is 2.94 bits per heavy atom. The van der Waals surface area contributed by atoms with Gasteiger partial charge in [0.1, 0.15) is 5.75 Å². The van der Waals surface area contributed by atoms with Gasteiger partial charge in [-0.3, -0.25) is 0 Å². The Morgan fingerprint density at radius 1 is 1.50 bits per heavy atom. The molecule has 2 rings (SSSR count). The highest BCUT2D eigenvalue weighted by molar-refractivity contribution is 5.89. The van der Waals surface area contributed by atoms with Gasteiger partial charge in [0.2, 0.25) is 0 Å². The fourth-order valence-electron chi connectivity index (χ4n) is 2.05. The molecule has 2 atom stereocenters. The molecule has 1 heterocycles. The van der Waals surface area contributed by atoms with Crippen LogP contribution in [0.3, 0.4) is 0 Å². The Bertz CT molecular complexity index is 443. The molecule has 1 aliphatic heterocycles. The number of methoxy groups -OCH3 is 2. The van der Waals surface area contributed by atoms with E-state index in [2.05, 4.69) is 4.74 Å². The highest BCUT2D eigenvalue weighted by Gasteiger charge is 2.30. The van der Waals surface area contributed by atoms with Crippen LogP contribution in [0.1, 0.15) is 22.0 Å². The summed E-state index contributed by atoms with van der Waals surface area (Å²) in [5.74, 6) is 0.0387. The van der Waals surface area contributed by atoms with Crippen molar-refractivity contribution in [3.05, 3.63) is 29.3 Å². The van der Waals surface area contributed by atoms with Crippen molar-refractivity contribution in [1.29, 1.82) is 0 Å². The van der Waals surface area contributed by atoms with Crippen molar-refractivity contribution >= 4 is 5.97 Å². The number of hydrogen-bond donors (Lipinski definition) is 1. The van der Waals surface area contributed by atoms with Crippen molar-refractivity contribution in [3.63, 3.8) is 0 Å². The second kappa shape index (κ2) is 5.37. The molecule has 18 heavy (non-hydrogen) atoms. The van der Waals surface area contributed by atoms with Crippen LogP contribution in [0.2, 0.25) is 0 Å². The van der Waals surface area contributed by atoms with Crippen LogP contribution in [-0.4, -0.2) is 38.5 Å². The Labute approximate surface area is 105 Å². The first-order valence-electron chi connectivity index (χ1n) is 5.69. The fourth-order valence-corrected chi connectivity index (χ4v) is 2.05. The average molecular weight is 252 g/mol. The van der Waals surface area contributed by atoms with Crippen LogP contribution in [0.15, 0.2) is 18.2 Å². The van der Waals surface area contributed by atoms with Crippen LogP contribution in [0.25, 0.3) is 0 Å². The van der Waals surface area contributed by atoms with Gasteiger partial charge in [-0.15, -0.1) is 0 Å². The van der Waals surface area contributed by atoms with Crippen molar-refractivity contribution in [3.8, 4) is 5.75 Å². The summed E-state index contributed by atoms with van der Waals surface area (Å²) in [5.41, 5.74) is 1.00. The highest BCUT2D eigenvalue weighted by Crippen LogP contribution is 2.36. The smallest absolute Gasteiger partial charge is 0.337 e. The molecular formula is C13H16O5. The first-order chi connectivity index (χ1) is 8.67. The average Bonchev–Trinajstić information content (AvgIpc) is 2.41. The van der Waals surface area contributed by atoms with E-state index in [-0.39, 0.29) is 5.92 Å². The van der Waals surface area contributed by atoms with Gasteiger partial charge in [-0.25, -0.2) is 4.79 Å². The van der Waals surface area contributed by atoms with Crippen molar-refractivity contribution in [2.24, 2.45) is 5.92 Å². The zero-order chi connectivity index (χ0) is 13.1. The van der Waals surface area contributed by atoms with Crippen LogP contribution in [0.5, 0.6) is 5.75 Å². The number of carbonyl (C=O) groups is 1. The van der Waals surface area contributed by atoms with Gasteiger partial charge in [0.25, 0.3) is 0 Å². The lowest BCUT2D eigenvalue weighted by atomic mass is 9.92. The number of aliphatic hydroxyl groups is 1. The number of hydrogen-bond acceptors (Lipinski definition) is 5. The Balaban J connectivity index is 2.30. The fraction of sp³-hybridized carbons (Fsp3) is 0.462. The summed E-state index contributed by atoms with van der Waals surface area (Å²) in [6, 6.07) is 4.90. The summed E-state index contributed by atoms with van der Waals surface area (Å²) in [7, 11) is 2.90. The van der Waals surface area contributed by atoms with Crippen LogP contribution in [0, 0.1) is 5.92 Å². The molecule has 98 valence electrons. The van der Waals surface area contributed by atoms with Gasteiger partial charge >= 0.3 is 5.97 Å². The predicted octanol–water partition coefficient (Wildman–Crippen LogP) is 1.16. The summed E-state index contributed by atoms with van der Waals surface area (Å²) in [6.45, 7) is 0.808. The summed E-state index contributed by atoms with van der Waals surface area (Å²) >= 11 is 0. The van der Waals surface area contributed by atoms with E-state index >= 15 is 0 Å². The van der Waals surface area contributed by atoms with E-state index in [1.54, 1.807) is 25.3 Å². The van der Waals surface area contributed by atoms with Gasteiger partial charge in [0.15, 0.2) is 0 Å². The second-order valence-corrected chi connectivity index (χ2v) is 4.22. The molecule has 1 aromatic carbocycles. The van der Waals surface area contributed by atoms with E-state index in [0.29, 0.717) is 30.1 Å². The summed E-state index contributed by atoms with van der Waals surface area (Å²) in [5, 5.41) is 10.2. The van der Waals surface area contributed by atoms with Gasteiger partial charge in [-0.05, 0) is 18.2 Å². The maximum absolute atomic E-state index is 11.4. The number of fused-ring (bicyclic) bond motifs is 1. The van der Waals surface area contributed by atoms with Gasteiger partial charge in [0, 0.05) is 18.6 Å². The zero-order valence-electron chi connectivity index (χ0n) is 10.4. The molecule has 0 amide bonds. The van der Waals surface area contributed by atoms with Gasteiger partial charge in [-0.2, -0.15) is 0 Å². The van der Waals surface area contributed by atoms with Gasteiger partial charge in [-0.1, -0.05) is 0 Å². The van der Waals surface area contributed by atoms with Crippen LogP contribution in [0.4, 0.5) is 0 Å². The molecule has 5 heteroatoms. The third-order valence-corrected chi connectivity index (χ3v) is 3.03. The quantitative estimate of drug-likeness (QED) is 0.818. The molecule has 1 aromatic rings. The molecule has 0 spiro atoms. The largest absolute Gasteiger partial charge is 0.493 e. The third kappa shape index (κ3) is 2.32. The lowest BCUT2D eigenvalue weighted by Crippen LogP contribution is -2.29. The molecule has 0 bridgehead atoms. The maximum Gasteiger partial charge on any atom is 0.337 e.